The molecule has 1 aromatic carbocycles. The van der Waals surface area contributed by atoms with Crippen LogP contribution in [0.3, 0.4) is 0 Å². The highest BCUT2D eigenvalue weighted by atomic mass is 79.9. The standard InChI is InChI=1S/C14H17BrN2O4/c1-2-21-14(18)10-5-7-16(8-6-10)13-4-3-11(17(19)20)9-12(13)15/h3-4,9-10H,2,5-8H2,1H3. The maximum absolute atomic E-state index is 11.7. The van der Waals surface area contributed by atoms with Crippen LogP contribution >= 0.6 is 15.9 Å². The van der Waals surface area contributed by atoms with E-state index in [0.717, 1.165) is 31.6 Å². The minimum atomic E-state index is -0.415. The van der Waals surface area contributed by atoms with Crippen LogP contribution in [-0.2, 0) is 9.53 Å². The van der Waals surface area contributed by atoms with E-state index in [1.807, 2.05) is 0 Å². The quantitative estimate of drug-likeness (QED) is 0.470. The van der Waals surface area contributed by atoms with Crippen LogP contribution in [0.2, 0.25) is 0 Å². The number of ether oxygens (including phenoxy) is 1. The second-order valence-electron chi connectivity index (χ2n) is 4.91. The number of hydrogen-bond donors (Lipinski definition) is 0. The molecule has 0 spiro atoms. The number of esters is 1. The Morgan fingerprint density at radius 3 is 2.67 bits per heavy atom. The van der Waals surface area contributed by atoms with Crippen molar-refractivity contribution in [2.75, 3.05) is 24.6 Å². The molecule has 21 heavy (non-hydrogen) atoms. The highest BCUT2D eigenvalue weighted by Crippen LogP contribution is 2.32. The van der Waals surface area contributed by atoms with Crippen LogP contribution in [-0.4, -0.2) is 30.6 Å². The first-order chi connectivity index (χ1) is 10.0. The van der Waals surface area contributed by atoms with Crippen LogP contribution in [0, 0.1) is 16.0 Å². The molecule has 0 N–H and O–H groups in total. The van der Waals surface area contributed by atoms with E-state index in [2.05, 4.69) is 20.8 Å². The second-order valence-corrected chi connectivity index (χ2v) is 5.76. The zero-order valence-corrected chi connectivity index (χ0v) is 13.3. The Morgan fingerprint density at radius 1 is 1.48 bits per heavy atom. The van der Waals surface area contributed by atoms with Crippen molar-refractivity contribution in [3.05, 3.63) is 32.8 Å². The van der Waals surface area contributed by atoms with Gasteiger partial charge in [-0.15, -0.1) is 0 Å². The van der Waals surface area contributed by atoms with E-state index >= 15 is 0 Å². The fourth-order valence-corrected chi connectivity index (χ4v) is 3.10. The van der Waals surface area contributed by atoms with Gasteiger partial charge in [0.25, 0.3) is 5.69 Å². The maximum Gasteiger partial charge on any atom is 0.309 e. The van der Waals surface area contributed by atoms with Crippen molar-refractivity contribution in [1.82, 2.24) is 0 Å². The van der Waals surface area contributed by atoms with Crippen molar-refractivity contribution < 1.29 is 14.5 Å². The molecule has 0 aliphatic carbocycles. The van der Waals surface area contributed by atoms with Gasteiger partial charge in [-0.25, -0.2) is 0 Å². The van der Waals surface area contributed by atoms with Gasteiger partial charge in [-0.05, 0) is 41.8 Å². The summed E-state index contributed by atoms with van der Waals surface area (Å²) in [4.78, 5) is 24.2. The molecule has 2 rings (SSSR count). The van der Waals surface area contributed by atoms with Gasteiger partial charge < -0.3 is 9.64 Å². The summed E-state index contributed by atoms with van der Waals surface area (Å²) in [6, 6.07) is 4.75. The topological polar surface area (TPSA) is 72.7 Å². The fourth-order valence-electron chi connectivity index (χ4n) is 2.48. The zero-order chi connectivity index (χ0) is 15.4. The van der Waals surface area contributed by atoms with Crippen LogP contribution in [0.25, 0.3) is 0 Å². The molecule has 0 radical (unpaired) electrons. The number of piperidine rings is 1. The van der Waals surface area contributed by atoms with Gasteiger partial charge in [0.15, 0.2) is 0 Å². The van der Waals surface area contributed by atoms with Gasteiger partial charge in [-0.1, -0.05) is 0 Å². The van der Waals surface area contributed by atoms with E-state index in [4.69, 9.17) is 4.74 Å². The number of benzene rings is 1. The molecule has 1 fully saturated rings. The lowest BCUT2D eigenvalue weighted by molar-refractivity contribution is -0.384. The Morgan fingerprint density at radius 2 is 2.14 bits per heavy atom. The Labute approximate surface area is 131 Å². The highest BCUT2D eigenvalue weighted by molar-refractivity contribution is 9.10. The molecule has 1 heterocycles. The van der Waals surface area contributed by atoms with Crippen molar-refractivity contribution in [2.24, 2.45) is 5.92 Å². The summed E-state index contributed by atoms with van der Waals surface area (Å²) in [6.45, 7) is 3.69. The summed E-state index contributed by atoms with van der Waals surface area (Å²) in [5.41, 5.74) is 0.981. The molecule has 0 saturated carbocycles. The van der Waals surface area contributed by atoms with Crippen molar-refractivity contribution in [1.29, 1.82) is 0 Å². The molecule has 0 aromatic heterocycles. The second kappa shape index (κ2) is 6.89. The van der Waals surface area contributed by atoms with Crippen LogP contribution in [0.4, 0.5) is 11.4 Å². The van der Waals surface area contributed by atoms with Gasteiger partial charge in [0.1, 0.15) is 0 Å². The lowest BCUT2D eigenvalue weighted by Crippen LogP contribution is -2.37. The Hall–Kier alpha value is -1.63. The molecule has 1 aromatic rings. The van der Waals surface area contributed by atoms with E-state index in [1.54, 1.807) is 13.0 Å². The van der Waals surface area contributed by atoms with Crippen molar-refractivity contribution in [2.45, 2.75) is 19.8 Å². The molecule has 114 valence electrons. The third kappa shape index (κ3) is 3.72. The van der Waals surface area contributed by atoms with E-state index in [0.29, 0.717) is 11.1 Å². The molecule has 0 unspecified atom stereocenters. The molecule has 1 saturated heterocycles. The zero-order valence-electron chi connectivity index (χ0n) is 11.8. The number of rotatable bonds is 4. The summed E-state index contributed by atoms with van der Waals surface area (Å²) < 4.78 is 5.75. The molecule has 1 aliphatic rings. The van der Waals surface area contributed by atoms with Gasteiger partial charge in [0, 0.05) is 29.7 Å². The van der Waals surface area contributed by atoms with Crippen LogP contribution in [0.5, 0.6) is 0 Å². The number of nitro benzene ring substituents is 1. The third-order valence-corrected chi connectivity index (χ3v) is 4.23. The monoisotopic (exact) mass is 356 g/mol. The first kappa shape index (κ1) is 15.8. The Balaban J connectivity index is 2.02. The van der Waals surface area contributed by atoms with Gasteiger partial charge in [-0.2, -0.15) is 0 Å². The minimum absolute atomic E-state index is 0.0435. The maximum atomic E-state index is 11.7. The summed E-state index contributed by atoms with van der Waals surface area (Å²) in [5.74, 6) is -0.169. The van der Waals surface area contributed by atoms with Gasteiger partial charge in [-0.3, -0.25) is 14.9 Å². The van der Waals surface area contributed by atoms with E-state index in [9.17, 15) is 14.9 Å². The number of hydrogen-bond acceptors (Lipinski definition) is 5. The van der Waals surface area contributed by atoms with E-state index < -0.39 is 4.92 Å². The summed E-state index contributed by atoms with van der Waals surface area (Å²) in [5, 5.41) is 10.7. The predicted molar refractivity (Wildman–Crippen MR) is 82.4 cm³/mol. The fraction of sp³-hybridized carbons (Fsp3) is 0.500. The van der Waals surface area contributed by atoms with Crippen molar-refractivity contribution in [3.8, 4) is 0 Å². The Bertz CT molecular complexity index is 542. The van der Waals surface area contributed by atoms with Crippen LogP contribution < -0.4 is 4.90 Å². The molecule has 0 amide bonds. The minimum Gasteiger partial charge on any atom is -0.466 e. The molecule has 0 bridgehead atoms. The highest BCUT2D eigenvalue weighted by Gasteiger charge is 2.27. The van der Waals surface area contributed by atoms with Crippen LogP contribution in [0.1, 0.15) is 19.8 Å². The lowest BCUT2D eigenvalue weighted by Gasteiger charge is -2.33. The largest absolute Gasteiger partial charge is 0.466 e. The number of nitro groups is 1. The van der Waals surface area contributed by atoms with E-state index in [-0.39, 0.29) is 17.6 Å². The molecule has 0 atom stereocenters. The summed E-state index contributed by atoms with van der Waals surface area (Å²) in [7, 11) is 0. The number of non-ortho nitro benzene ring substituents is 1. The Kier molecular flexibility index (Phi) is 5.17. The van der Waals surface area contributed by atoms with Gasteiger partial charge >= 0.3 is 5.97 Å². The predicted octanol–water partition coefficient (Wildman–Crippen LogP) is 3.14. The van der Waals surface area contributed by atoms with E-state index in [1.165, 1.54) is 12.1 Å². The van der Waals surface area contributed by atoms with Crippen molar-refractivity contribution >= 4 is 33.3 Å². The summed E-state index contributed by atoms with van der Waals surface area (Å²) in [6.07, 6.45) is 1.48. The number of halogens is 1. The average Bonchev–Trinajstić information content (AvgIpc) is 2.47. The van der Waals surface area contributed by atoms with Crippen LogP contribution in [0.15, 0.2) is 22.7 Å². The number of nitrogens with zero attached hydrogens (tertiary/aromatic N) is 2. The number of anilines is 1. The summed E-state index contributed by atoms with van der Waals surface area (Å²) >= 11 is 3.38. The molecular formula is C14H17BrN2O4. The molecular weight excluding hydrogens is 340 g/mol. The first-order valence-corrected chi connectivity index (χ1v) is 7.67. The number of carbonyl (C=O) groups excluding carboxylic acids is 1. The molecule has 7 heteroatoms. The third-order valence-electron chi connectivity index (χ3n) is 3.60. The van der Waals surface area contributed by atoms with Crippen molar-refractivity contribution in [3.63, 3.8) is 0 Å². The van der Waals surface area contributed by atoms with Gasteiger partial charge in [0.2, 0.25) is 0 Å². The first-order valence-electron chi connectivity index (χ1n) is 6.88. The molecule has 6 nitrogen and oxygen atoms in total. The normalized spacial score (nSPS) is 15.8. The smallest absolute Gasteiger partial charge is 0.309 e. The number of carbonyl (C=O) groups is 1. The van der Waals surface area contributed by atoms with Gasteiger partial charge in [0.05, 0.1) is 23.1 Å². The lowest BCUT2D eigenvalue weighted by atomic mass is 9.96. The average molecular weight is 357 g/mol. The SMILES string of the molecule is CCOC(=O)C1CCN(c2ccc([N+](=O)[O-])cc2Br)CC1. The molecule has 1 aliphatic heterocycles.